The first-order chi connectivity index (χ1) is 31.8. The SMILES string of the molecule is c1ccc(-c2ccc3c(c2)oc2c(-c4ccccc4)ccc(N(c4cccc5c4sc4c(-c6ccccc6)cccc45)c4cccc5c4c4ccccc4n5-c4ccccc4)c23)cc1. The van der Waals surface area contributed by atoms with Crippen LogP contribution < -0.4 is 4.90 Å². The molecule has 0 bridgehead atoms. The van der Waals surface area contributed by atoms with Crippen molar-refractivity contribution in [2.75, 3.05) is 4.90 Å². The Labute approximate surface area is 373 Å². The molecule has 0 aliphatic rings. The van der Waals surface area contributed by atoms with E-state index in [0.29, 0.717) is 0 Å². The van der Waals surface area contributed by atoms with Crippen molar-refractivity contribution in [3.05, 3.63) is 231 Å². The van der Waals surface area contributed by atoms with E-state index in [9.17, 15) is 0 Å². The van der Waals surface area contributed by atoms with Crippen LogP contribution in [0, 0.1) is 0 Å². The van der Waals surface area contributed by atoms with Crippen molar-refractivity contribution in [1.82, 2.24) is 4.57 Å². The summed E-state index contributed by atoms with van der Waals surface area (Å²) in [6.07, 6.45) is 0. The van der Waals surface area contributed by atoms with Gasteiger partial charge in [-0.05, 0) is 88.5 Å². The van der Waals surface area contributed by atoms with Gasteiger partial charge in [0, 0.05) is 42.9 Å². The summed E-state index contributed by atoms with van der Waals surface area (Å²) in [5.74, 6) is 0. The van der Waals surface area contributed by atoms with E-state index < -0.39 is 0 Å². The van der Waals surface area contributed by atoms with Gasteiger partial charge in [0.2, 0.25) is 0 Å². The van der Waals surface area contributed by atoms with Crippen LogP contribution in [0.15, 0.2) is 235 Å². The number of benzene rings is 10. The van der Waals surface area contributed by atoms with Crippen LogP contribution in [0.4, 0.5) is 17.1 Å². The normalized spacial score (nSPS) is 11.8. The molecule has 3 nitrogen and oxygen atoms in total. The first kappa shape index (κ1) is 36.5. The average molecular weight is 835 g/mol. The number of furan rings is 1. The number of thiophene rings is 1. The van der Waals surface area contributed by atoms with Crippen molar-refractivity contribution in [3.63, 3.8) is 0 Å². The number of aromatic nitrogens is 1. The van der Waals surface area contributed by atoms with Gasteiger partial charge in [-0.15, -0.1) is 11.3 Å². The summed E-state index contributed by atoms with van der Waals surface area (Å²) < 4.78 is 12.1. The van der Waals surface area contributed by atoms with Gasteiger partial charge in [-0.3, -0.25) is 0 Å². The zero-order chi connectivity index (χ0) is 42.1. The van der Waals surface area contributed by atoms with E-state index >= 15 is 0 Å². The fourth-order valence-electron chi connectivity index (χ4n) is 9.96. The second-order valence-corrected chi connectivity index (χ2v) is 17.4. The Bertz CT molecular complexity index is 3890. The maximum atomic E-state index is 7.15. The maximum Gasteiger partial charge on any atom is 0.145 e. The van der Waals surface area contributed by atoms with Crippen molar-refractivity contribution < 1.29 is 4.42 Å². The average Bonchev–Trinajstić information content (AvgIpc) is 4.06. The molecule has 0 saturated carbocycles. The van der Waals surface area contributed by atoms with Crippen LogP contribution in [0.1, 0.15) is 0 Å². The van der Waals surface area contributed by atoms with E-state index in [0.717, 1.165) is 78.0 Å². The Morgan fingerprint density at radius 2 is 0.938 bits per heavy atom. The van der Waals surface area contributed by atoms with E-state index in [-0.39, 0.29) is 0 Å². The zero-order valence-electron chi connectivity index (χ0n) is 34.7. The molecule has 13 rings (SSSR count). The Balaban J connectivity index is 1.17. The van der Waals surface area contributed by atoms with Gasteiger partial charge in [-0.1, -0.05) is 170 Å². The van der Waals surface area contributed by atoms with E-state index in [1.165, 1.54) is 42.1 Å². The summed E-state index contributed by atoms with van der Waals surface area (Å²) in [6.45, 7) is 0. The lowest BCUT2D eigenvalue weighted by atomic mass is 9.98. The topological polar surface area (TPSA) is 21.3 Å². The second-order valence-electron chi connectivity index (χ2n) is 16.4. The van der Waals surface area contributed by atoms with Crippen LogP contribution in [0.2, 0.25) is 0 Å². The lowest BCUT2D eigenvalue weighted by molar-refractivity contribution is 0.670. The number of rotatable bonds is 7. The highest BCUT2D eigenvalue weighted by Crippen LogP contribution is 2.53. The predicted octanol–water partition coefficient (Wildman–Crippen LogP) is 17.5. The van der Waals surface area contributed by atoms with E-state index in [1.54, 1.807) is 0 Å². The van der Waals surface area contributed by atoms with Crippen molar-refractivity contribution in [2.24, 2.45) is 0 Å². The van der Waals surface area contributed by atoms with Crippen molar-refractivity contribution in [2.45, 2.75) is 0 Å². The third-order valence-electron chi connectivity index (χ3n) is 12.8. The third-order valence-corrected chi connectivity index (χ3v) is 14.1. The van der Waals surface area contributed by atoms with Crippen molar-refractivity contribution >= 4 is 92.3 Å². The molecule has 3 heterocycles. The van der Waals surface area contributed by atoms with E-state index in [4.69, 9.17) is 4.42 Å². The molecule has 0 amide bonds. The Hall–Kier alpha value is -8.18. The summed E-state index contributed by atoms with van der Waals surface area (Å²) >= 11 is 1.88. The van der Waals surface area contributed by atoms with Gasteiger partial charge in [0.1, 0.15) is 11.2 Å². The summed E-state index contributed by atoms with van der Waals surface area (Å²) in [5.41, 5.74) is 15.3. The molecule has 13 aromatic rings. The number of para-hydroxylation sites is 2. The monoisotopic (exact) mass is 834 g/mol. The Morgan fingerprint density at radius 1 is 0.359 bits per heavy atom. The highest BCUT2D eigenvalue weighted by atomic mass is 32.1. The van der Waals surface area contributed by atoms with Gasteiger partial charge in [0.25, 0.3) is 0 Å². The standard InChI is InChI=1S/C60H38N2OS/c1-5-18-39(19-6-1)42-34-35-49-55(38-42)63-58-44(40-20-7-2-8-21-40)36-37-53(57(49)58)62(52-32-17-31-51-56(52)48-26-13-14-30-50(48)61(51)43-24-11-4-12-25-43)54-33-16-29-47-46-28-15-27-45(59(46)64-60(47)54)41-22-9-3-10-23-41/h1-38H. The summed E-state index contributed by atoms with van der Waals surface area (Å²) in [6, 6.07) is 83.2. The minimum absolute atomic E-state index is 0.854. The quantitative estimate of drug-likeness (QED) is 0.159. The molecule has 0 N–H and O–H groups in total. The second kappa shape index (κ2) is 14.7. The summed E-state index contributed by atoms with van der Waals surface area (Å²) in [5, 5.41) is 7.02. The van der Waals surface area contributed by atoms with Crippen LogP contribution in [0.25, 0.3) is 103 Å². The minimum Gasteiger partial charge on any atom is -0.455 e. The number of anilines is 3. The minimum atomic E-state index is 0.854. The maximum absolute atomic E-state index is 7.15. The van der Waals surface area contributed by atoms with Gasteiger partial charge < -0.3 is 13.9 Å². The number of fused-ring (bicyclic) bond motifs is 9. The molecule has 0 fully saturated rings. The van der Waals surface area contributed by atoms with Crippen LogP contribution in [0.3, 0.4) is 0 Å². The summed E-state index contributed by atoms with van der Waals surface area (Å²) in [7, 11) is 0. The molecule has 0 spiro atoms. The van der Waals surface area contributed by atoms with Crippen LogP contribution >= 0.6 is 11.3 Å². The van der Waals surface area contributed by atoms with Gasteiger partial charge in [-0.2, -0.15) is 0 Å². The molecule has 10 aromatic carbocycles. The third kappa shape index (κ3) is 5.66. The highest BCUT2D eigenvalue weighted by molar-refractivity contribution is 7.27. The molecule has 300 valence electrons. The lowest BCUT2D eigenvalue weighted by Crippen LogP contribution is -2.11. The first-order valence-corrected chi connectivity index (χ1v) is 22.6. The molecule has 4 heteroatoms. The van der Waals surface area contributed by atoms with Crippen molar-refractivity contribution in [3.8, 4) is 39.1 Å². The molecule has 64 heavy (non-hydrogen) atoms. The molecule has 0 unspecified atom stereocenters. The highest BCUT2D eigenvalue weighted by Gasteiger charge is 2.27. The van der Waals surface area contributed by atoms with E-state index in [1.807, 2.05) is 11.3 Å². The van der Waals surface area contributed by atoms with E-state index in [2.05, 4.69) is 240 Å². The van der Waals surface area contributed by atoms with Crippen LogP contribution in [0.5, 0.6) is 0 Å². The van der Waals surface area contributed by atoms with Gasteiger partial charge in [-0.25, -0.2) is 0 Å². The molecule has 0 aliphatic carbocycles. The van der Waals surface area contributed by atoms with Crippen LogP contribution in [-0.4, -0.2) is 4.57 Å². The van der Waals surface area contributed by atoms with Crippen LogP contribution in [-0.2, 0) is 0 Å². The zero-order valence-corrected chi connectivity index (χ0v) is 35.5. The predicted molar refractivity (Wildman–Crippen MR) is 272 cm³/mol. The Kier molecular flexibility index (Phi) is 8.40. The molecular weight excluding hydrogens is 797 g/mol. The van der Waals surface area contributed by atoms with Gasteiger partial charge in [0.05, 0.1) is 38.2 Å². The fraction of sp³-hybridized carbons (Fsp3) is 0. The van der Waals surface area contributed by atoms with Crippen molar-refractivity contribution in [1.29, 1.82) is 0 Å². The largest absolute Gasteiger partial charge is 0.455 e. The molecule has 0 aliphatic heterocycles. The fourth-order valence-corrected chi connectivity index (χ4v) is 11.3. The molecular formula is C60H38N2OS. The number of hydrogen-bond acceptors (Lipinski definition) is 3. The van der Waals surface area contributed by atoms with Gasteiger partial charge in [0.15, 0.2) is 0 Å². The number of nitrogens with zero attached hydrogens (tertiary/aromatic N) is 2. The molecule has 0 atom stereocenters. The summed E-state index contributed by atoms with van der Waals surface area (Å²) in [4.78, 5) is 2.53. The molecule has 0 radical (unpaired) electrons. The number of hydrogen-bond donors (Lipinski definition) is 0. The first-order valence-electron chi connectivity index (χ1n) is 21.8. The molecule has 0 saturated heterocycles. The smallest absolute Gasteiger partial charge is 0.145 e. The lowest BCUT2D eigenvalue weighted by Gasteiger charge is -2.28. The Morgan fingerprint density at radius 3 is 1.70 bits per heavy atom. The molecule has 3 aromatic heterocycles. The van der Waals surface area contributed by atoms with Gasteiger partial charge >= 0.3 is 0 Å².